The van der Waals surface area contributed by atoms with Gasteiger partial charge in [0.25, 0.3) is 0 Å². The second-order valence-corrected chi connectivity index (χ2v) is 5.19. The minimum atomic E-state index is -4.71. The summed E-state index contributed by atoms with van der Waals surface area (Å²) < 4.78 is 44.5. The maximum atomic E-state index is 13.0. The van der Waals surface area contributed by atoms with Crippen molar-refractivity contribution in [1.82, 2.24) is 9.78 Å². The highest BCUT2D eigenvalue weighted by atomic mass is 35.5. The van der Waals surface area contributed by atoms with E-state index in [2.05, 4.69) is 5.10 Å². The number of ether oxygens (including phenoxy) is 1. The molecule has 10 heteroatoms. The summed E-state index contributed by atoms with van der Waals surface area (Å²) in [5, 5.41) is 12.3. The molecule has 0 N–H and O–H groups in total. The number of hydrogen-bond donors (Lipinski definition) is 0. The Bertz CT molecular complexity index is 729. The fourth-order valence-corrected chi connectivity index (χ4v) is 2.64. The summed E-state index contributed by atoms with van der Waals surface area (Å²) in [5.74, 6) is -0.680. The number of nitrogens with zero attached hydrogens (tertiary/aromatic N) is 3. The van der Waals surface area contributed by atoms with E-state index in [9.17, 15) is 13.2 Å². The van der Waals surface area contributed by atoms with Gasteiger partial charge in [-0.3, -0.25) is 0 Å². The van der Waals surface area contributed by atoms with Crippen LogP contribution in [0.3, 0.4) is 0 Å². The number of nitriles is 1. The normalized spacial score (nSPS) is 11.3. The number of aromatic nitrogens is 2. The molecular weight excluding hydrogens is 366 g/mol. The van der Waals surface area contributed by atoms with Gasteiger partial charge in [-0.15, -0.1) is 0 Å². The van der Waals surface area contributed by atoms with Crippen LogP contribution in [0.2, 0.25) is 15.1 Å². The highest BCUT2D eigenvalue weighted by Crippen LogP contribution is 2.40. The molecule has 22 heavy (non-hydrogen) atoms. The molecule has 1 heterocycles. The highest BCUT2D eigenvalue weighted by molar-refractivity contribution is 6.40. The molecule has 0 amide bonds. The third-order valence-corrected chi connectivity index (χ3v) is 3.29. The number of alkyl halides is 3. The summed E-state index contributed by atoms with van der Waals surface area (Å²) in [5.41, 5.74) is -1.18. The maximum absolute atomic E-state index is 13.0. The van der Waals surface area contributed by atoms with E-state index in [0.29, 0.717) is 6.20 Å². The van der Waals surface area contributed by atoms with Crippen molar-refractivity contribution in [2.45, 2.75) is 6.18 Å². The molecule has 116 valence electrons. The van der Waals surface area contributed by atoms with E-state index in [1.165, 1.54) is 12.1 Å². The van der Waals surface area contributed by atoms with E-state index in [1.54, 1.807) is 6.07 Å². The van der Waals surface area contributed by atoms with E-state index in [-0.39, 0.29) is 20.8 Å². The number of rotatable bonds is 3. The van der Waals surface area contributed by atoms with Crippen molar-refractivity contribution in [1.29, 1.82) is 5.26 Å². The van der Waals surface area contributed by atoms with Crippen molar-refractivity contribution < 1.29 is 17.9 Å². The van der Waals surface area contributed by atoms with Crippen LogP contribution in [0.1, 0.15) is 5.56 Å². The lowest BCUT2D eigenvalue weighted by Crippen LogP contribution is -2.10. The van der Waals surface area contributed by atoms with Gasteiger partial charge >= 0.3 is 6.18 Å². The van der Waals surface area contributed by atoms with Gasteiger partial charge in [0.05, 0.1) is 16.2 Å². The lowest BCUT2D eigenvalue weighted by Gasteiger charge is -2.13. The first kappa shape index (κ1) is 16.7. The molecule has 0 fully saturated rings. The molecule has 0 bridgehead atoms. The Morgan fingerprint density at radius 1 is 1.23 bits per heavy atom. The van der Waals surface area contributed by atoms with Gasteiger partial charge in [0.1, 0.15) is 17.3 Å². The third-order valence-electron chi connectivity index (χ3n) is 2.50. The molecule has 0 atom stereocenters. The van der Waals surface area contributed by atoms with Crippen LogP contribution >= 0.6 is 34.8 Å². The lowest BCUT2D eigenvalue weighted by molar-refractivity contribution is -0.138. The Balaban J connectivity index is 2.67. The zero-order valence-corrected chi connectivity index (χ0v) is 12.7. The molecule has 0 unspecified atom stereocenters. The molecule has 0 aliphatic rings. The number of halogens is 6. The van der Waals surface area contributed by atoms with Crippen LogP contribution in [0.5, 0.6) is 5.88 Å². The van der Waals surface area contributed by atoms with Crippen LogP contribution in [0.4, 0.5) is 13.2 Å². The molecule has 4 nitrogen and oxygen atoms in total. The first-order valence-electron chi connectivity index (χ1n) is 5.55. The molecule has 0 saturated heterocycles. The average Bonchev–Trinajstić information content (AvgIpc) is 2.78. The van der Waals surface area contributed by atoms with E-state index >= 15 is 0 Å². The minimum Gasteiger partial charge on any atom is -0.462 e. The summed E-state index contributed by atoms with van der Waals surface area (Å²) in [6, 6.07) is 4.18. The van der Waals surface area contributed by atoms with E-state index < -0.39 is 24.2 Å². The Kier molecular flexibility index (Phi) is 4.75. The van der Waals surface area contributed by atoms with Crippen molar-refractivity contribution in [3.63, 3.8) is 0 Å². The monoisotopic (exact) mass is 369 g/mol. The second-order valence-electron chi connectivity index (χ2n) is 3.94. The van der Waals surface area contributed by atoms with E-state index in [1.807, 2.05) is 0 Å². The first-order valence-corrected chi connectivity index (χ1v) is 6.69. The predicted octanol–water partition coefficient (Wildman–Crippen LogP) is 4.75. The molecule has 0 saturated carbocycles. The summed E-state index contributed by atoms with van der Waals surface area (Å²) in [7, 11) is 0. The van der Waals surface area contributed by atoms with Crippen LogP contribution < -0.4 is 4.74 Å². The molecule has 0 spiro atoms. The topological polar surface area (TPSA) is 50.8 Å². The fraction of sp³-hybridized carbons (Fsp3) is 0.167. The Morgan fingerprint density at radius 2 is 1.82 bits per heavy atom. The molecule has 0 aliphatic carbocycles. The lowest BCUT2D eigenvalue weighted by atomic mass is 10.3. The molecule has 0 radical (unpaired) electrons. The number of benzene rings is 1. The molecule has 2 rings (SSSR count). The smallest absolute Gasteiger partial charge is 0.423 e. The van der Waals surface area contributed by atoms with Crippen molar-refractivity contribution >= 4 is 34.8 Å². The summed E-state index contributed by atoms with van der Waals surface area (Å²) in [4.78, 5) is 0. The standard InChI is InChI=1S/C12H5Cl3F3N3O/c13-6-3-8(14)10(9(15)4-6)21-11(22-2-1-19)7(5-20-21)12(16,17)18/h3-5H,2H2. The molecule has 2 aromatic rings. The number of hydrogen-bond acceptors (Lipinski definition) is 3. The van der Waals surface area contributed by atoms with Gasteiger partial charge in [0.15, 0.2) is 6.61 Å². The zero-order valence-electron chi connectivity index (χ0n) is 10.5. The van der Waals surface area contributed by atoms with Gasteiger partial charge in [-0.05, 0) is 12.1 Å². The van der Waals surface area contributed by atoms with Crippen LogP contribution in [0.15, 0.2) is 18.3 Å². The van der Waals surface area contributed by atoms with Crippen molar-refractivity contribution in [3.05, 3.63) is 39.0 Å². The Morgan fingerprint density at radius 3 is 2.32 bits per heavy atom. The molecule has 1 aromatic heterocycles. The Hall–Kier alpha value is -1.62. The molecular formula is C12H5Cl3F3N3O. The summed E-state index contributed by atoms with van der Waals surface area (Å²) in [6.07, 6.45) is -4.15. The van der Waals surface area contributed by atoms with E-state index in [0.717, 1.165) is 4.68 Å². The van der Waals surface area contributed by atoms with Crippen molar-refractivity contribution in [2.24, 2.45) is 0 Å². The van der Waals surface area contributed by atoms with Gasteiger partial charge in [-0.1, -0.05) is 34.8 Å². The quantitative estimate of drug-likeness (QED) is 0.783. The zero-order chi connectivity index (χ0) is 16.5. The third kappa shape index (κ3) is 3.24. The van der Waals surface area contributed by atoms with Gasteiger partial charge < -0.3 is 4.74 Å². The maximum Gasteiger partial charge on any atom is 0.423 e. The fourth-order valence-electron chi connectivity index (χ4n) is 1.67. The second kappa shape index (κ2) is 6.24. The van der Waals surface area contributed by atoms with Crippen molar-refractivity contribution in [2.75, 3.05) is 6.61 Å². The van der Waals surface area contributed by atoms with Crippen LogP contribution in [-0.4, -0.2) is 16.4 Å². The molecule has 0 aliphatic heterocycles. The largest absolute Gasteiger partial charge is 0.462 e. The van der Waals surface area contributed by atoms with Crippen LogP contribution in [-0.2, 0) is 6.18 Å². The Labute approximate surface area is 137 Å². The summed E-state index contributed by atoms with van der Waals surface area (Å²) >= 11 is 17.7. The van der Waals surface area contributed by atoms with Gasteiger partial charge in [-0.25, -0.2) is 0 Å². The van der Waals surface area contributed by atoms with Gasteiger partial charge in [-0.2, -0.15) is 28.2 Å². The van der Waals surface area contributed by atoms with Crippen LogP contribution in [0, 0.1) is 11.3 Å². The van der Waals surface area contributed by atoms with Crippen molar-refractivity contribution in [3.8, 4) is 17.6 Å². The van der Waals surface area contributed by atoms with Gasteiger partial charge in [0.2, 0.25) is 5.88 Å². The SMILES string of the molecule is N#CCOc1c(C(F)(F)F)cnn1-c1c(Cl)cc(Cl)cc1Cl. The minimum absolute atomic E-state index is 0.0175. The van der Waals surface area contributed by atoms with E-state index in [4.69, 9.17) is 44.8 Å². The average molecular weight is 371 g/mol. The van der Waals surface area contributed by atoms with Gasteiger partial charge in [0, 0.05) is 5.02 Å². The van der Waals surface area contributed by atoms with Crippen LogP contribution in [0.25, 0.3) is 5.69 Å². The summed E-state index contributed by atoms with van der Waals surface area (Å²) in [6.45, 7) is -0.600. The molecule has 1 aromatic carbocycles. The first-order chi connectivity index (χ1) is 10.3. The highest BCUT2D eigenvalue weighted by Gasteiger charge is 2.38. The predicted molar refractivity (Wildman–Crippen MR) is 74.7 cm³/mol.